The highest BCUT2D eigenvalue weighted by Crippen LogP contribution is 2.36. The van der Waals surface area contributed by atoms with E-state index in [0.29, 0.717) is 30.6 Å². The van der Waals surface area contributed by atoms with Gasteiger partial charge in [-0.3, -0.25) is 19.3 Å². The fourth-order valence-electron chi connectivity index (χ4n) is 3.97. The van der Waals surface area contributed by atoms with Crippen LogP contribution in [0.4, 0.5) is 4.79 Å². The van der Waals surface area contributed by atoms with Crippen LogP contribution in [-0.4, -0.2) is 52.2 Å². The second kappa shape index (κ2) is 9.54. The van der Waals surface area contributed by atoms with Crippen molar-refractivity contribution in [2.75, 3.05) is 20.2 Å². The van der Waals surface area contributed by atoms with Crippen LogP contribution in [0.2, 0.25) is 0 Å². The Hall–Kier alpha value is -3.52. The van der Waals surface area contributed by atoms with Crippen molar-refractivity contribution in [3.05, 3.63) is 76.2 Å². The van der Waals surface area contributed by atoms with Gasteiger partial charge in [0.05, 0.1) is 12.0 Å². The first-order valence-corrected chi connectivity index (χ1v) is 11.3. The second-order valence-electron chi connectivity index (χ2n) is 7.83. The van der Waals surface area contributed by atoms with Crippen LogP contribution in [0.25, 0.3) is 6.08 Å². The van der Waals surface area contributed by atoms with Gasteiger partial charge in [-0.2, -0.15) is 0 Å². The zero-order valence-corrected chi connectivity index (χ0v) is 19.1. The van der Waals surface area contributed by atoms with Crippen molar-refractivity contribution in [3.8, 4) is 11.5 Å². The number of imide groups is 1. The van der Waals surface area contributed by atoms with Gasteiger partial charge in [-0.25, -0.2) is 0 Å². The molecule has 0 saturated carbocycles. The van der Waals surface area contributed by atoms with Crippen molar-refractivity contribution in [2.24, 2.45) is 0 Å². The Morgan fingerprint density at radius 2 is 2.00 bits per heavy atom. The van der Waals surface area contributed by atoms with Crippen LogP contribution in [0.15, 0.2) is 54.0 Å². The lowest BCUT2D eigenvalue weighted by Crippen LogP contribution is -2.44. The summed E-state index contributed by atoms with van der Waals surface area (Å²) in [4.78, 5) is 41.2. The lowest BCUT2D eigenvalue weighted by Gasteiger charge is -2.29. The topological polar surface area (TPSA) is 87.2 Å². The summed E-state index contributed by atoms with van der Waals surface area (Å²) < 4.78 is 5.22. The molecule has 2 aliphatic heterocycles. The van der Waals surface area contributed by atoms with E-state index in [1.165, 1.54) is 12.7 Å². The van der Waals surface area contributed by atoms with Crippen LogP contribution in [0.5, 0.6) is 11.5 Å². The molecule has 0 radical (unpaired) electrons. The number of fused-ring (bicyclic) bond motifs is 1. The minimum atomic E-state index is -0.506. The lowest BCUT2D eigenvalue weighted by molar-refractivity contribution is -0.136. The molecular weight excluding hydrogens is 440 g/mol. The minimum Gasteiger partial charge on any atom is -0.504 e. The van der Waals surface area contributed by atoms with E-state index >= 15 is 0 Å². The van der Waals surface area contributed by atoms with Gasteiger partial charge < -0.3 is 14.7 Å². The molecule has 2 aromatic carbocycles. The molecule has 0 aliphatic carbocycles. The van der Waals surface area contributed by atoms with Gasteiger partial charge in [0.1, 0.15) is 6.54 Å². The Labute approximate surface area is 196 Å². The number of hydrogen-bond acceptors (Lipinski definition) is 6. The van der Waals surface area contributed by atoms with Gasteiger partial charge in [0, 0.05) is 18.7 Å². The van der Waals surface area contributed by atoms with Gasteiger partial charge in [0.15, 0.2) is 11.5 Å². The zero-order chi connectivity index (χ0) is 23.5. The number of phenols is 1. The standard InChI is InChI=1S/C25H24N2O5S/c1-3-6-18-11-16(12-20(32-2)23(18)29)13-21-24(30)27(25(31)33-21)15-22(28)26-10-9-17-7-4-5-8-19(17)14-26/h3-5,7-8,11-13,29H,1,6,9-10,14-15H2,2H3/b21-13-. The molecule has 170 valence electrons. The van der Waals surface area contributed by atoms with Crippen LogP contribution in [0.1, 0.15) is 22.3 Å². The number of hydrogen-bond donors (Lipinski definition) is 1. The molecule has 7 nitrogen and oxygen atoms in total. The van der Waals surface area contributed by atoms with Crippen molar-refractivity contribution in [1.82, 2.24) is 9.80 Å². The molecule has 0 unspecified atom stereocenters. The Bertz CT molecular complexity index is 1170. The summed E-state index contributed by atoms with van der Waals surface area (Å²) in [7, 11) is 1.44. The number of carbonyl (C=O) groups excluding carboxylic acids is 3. The van der Waals surface area contributed by atoms with E-state index in [0.717, 1.165) is 28.6 Å². The van der Waals surface area contributed by atoms with E-state index in [2.05, 4.69) is 12.6 Å². The number of allylic oxidation sites excluding steroid dienone is 1. The van der Waals surface area contributed by atoms with Gasteiger partial charge >= 0.3 is 0 Å². The molecule has 1 fully saturated rings. The predicted molar refractivity (Wildman–Crippen MR) is 127 cm³/mol. The van der Waals surface area contributed by atoms with E-state index in [-0.39, 0.29) is 28.9 Å². The number of nitrogens with zero attached hydrogens (tertiary/aromatic N) is 2. The largest absolute Gasteiger partial charge is 0.504 e. The molecule has 3 amide bonds. The van der Waals surface area contributed by atoms with Crippen LogP contribution >= 0.6 is 11.8 Å². The van der Waals surface area contributed by atoms with E-state index in [1.54, 1.807) is 29.2 Å². The van der Waals surface area contributed by atoms with Gasteiger partial charge in [-0.1, -0.05) is 30.3 Å². The summed E-state index contributed by atoms with van der Waals surface area (Å²) in [6.45, 7) is 4.43. The summed E-state index contributed by atoms with van der Waals surface area (Å²) in [5.41, 5.74) is 3.50. The van der Waals surface area contributed by atoms with Crippen LogP contribution in [-0.2, 0) is 29.0 Å². The number of amides is 3. The zero-order valence-electron chi connectivity index (χ0n) is 18.2. The van der Waals surface area contributed by atoms with Crippen molar-refractivity contribution in [3.63, 3.8) is 0 Å². The molecule has 2 aliphatic rings. The van der Waals surface area contributed by atoms with E-state index in [9.17, 15) is 19.5 Å². The van der Waals surface area contributed by atoms with Crippen molar-refractivity contribution in [2.45, 2.75) is 19.4 Å². The van der Waals surface area contributed by atoms with Crippen LogP contribution < -0.4 is 4.74 Å². The van der Waals surface area contributed by atoms with Crippen LogP contribution in [0, 0.1) is 0 Å². The molecule has 0 bridgehead atoms. The first kappa shape index (κ1) is 22.7. The second-order valence-corrected chi connectivity index (χ2v) is 8.82. The van der Waals surface area contributed by atoms with E-state index < -0.39 is 11.1 Å². The Balaban J connectivity index is 1.50. The number of methoxy groups -OCH3 is 1. The molecular formula is C25H24N2O5S. The normalized spacial score (nSPS) is 16.8. The molecule has 0 aromatic heterocycles. The Morgan fingerprint density at radius 3 is 2.73 bits per heavy atom. The van der Waals surface area contributed by atoms with Crippen molar-refractivity contribution >= 4 is 34.9 Å². The Morgan fingerprint density at radius 1 is 1.24 bits per heavy atom. The molecule has 2 aromatic rings. The van der Waals surface area contributed by atoms with Gasteiger partial charge in [-0.05, 0) is 59.5 Å². The predicted octanol–water partition coefficient (Wildman–Crippen LogP) is 3.75. The molecule has 0 spiro atoms. The highest BCUT2D eigenvalue weighted by Gasteiger charge is 2.37. The fraction of sp³-hybridized carbons (Fsp3) is 0.240. The molecule has 1 N–H and O–H groups in total. The monoisotopic (exact) mass is 464 g/mol. The number of ether oxygens (including phenoxy) is 1. The number of benzene rings is 2. The average molecular weight is 465 g/mol. The third kappa shape index (κ3) is 4.66. The molecule has 1 saturated heterocycles. The summed E-state index contributed by atoms with van der Waals surface area (Å²) in [5, 5.41) is 9.78. The SMILES string of the molecule is C=CCc1cc(/C=C2\SC(=O)N(CC(=O)N3CCc4ccccc4C3)C2=O)cc(OC)c1O. The maximum Gasteiger partial charge on any atom is 0.294 e. The first-order valence-electron chi connectivity index (χ1n) is 10.5. The molecule has 4 rings (SSSR count). The third-order valence-corrected chi connectivity index (χ3v) is 6.62. The van der Waals surface area contributed by atoms with E-state index in [4.69, 9.17) is 4.74 Å². The summed E-state index contributed by atoms with van der Waals surface area (Å²) in [6, 6.07) is 11.3. The van der Waals surface area contributed by atoms with Gasteiger partial charge in [0.2, 0.25) is 5.91 Å². The number of carbonyl (C=O) groups is 3. The number of phenolic OH excluding ortho intramolecular Hbond substituents is 1. The van der Waals surface area contributed by atoms with Gasteiger partial charge in [-0.15, -0.1) is 6.58 Å². The highest BCUT2D eigenvalue weighted by atomic mass is 32.2. The number of rotatable bonds is 6. The maximum atomic E-state index is 12.9. The summed E-state index contributed by atoms with van der Waals surface area (Å²) in [6.07, 6.45) is 4.38. The van der Waals surface area contributed by atoms with Crippen molar-refractivity contribution in [1.29, 1.82) is 0 Å². The Kier molecular flexibility index (Phi) is 6.55. The lowest BCUT2D eigenvalue weighted by atomic mass is 10.00. The smallest absolute Gasteiger partial charge is 0.294 e. The van der Waals surface area contributed by atoms with E-state index in [1.807, 2.05) is 18.2 Å². The number of thioether (sulfide) groups is 1. The van der Waals surface area contributed by atoms with Gasteiger partial charge in [0.25, 0.3) is 11.1 Å². The first-order chi connectivity index (χ1) is 15.9. The molecule has 0 atom stereocenters. The maximum absolute atomic E-state index is 12.9. The molecule has 33 heavy (non-hydrogen) atoms. The quantitative estimate of drug-likeness (QED) is 0.518. The average Bonchev–Trinajstić information content (AvgIpc) is 3.08. The summed E-state index contributed by atoms with van der Waals surface area (Å²) in [5.74, 6) is -0.488. The van der Waals surface area contributed by atoms with Crippen LogP contribution in [0.3, 0.4) is 0 Å². The third-order valence-electron chi connectivity index (χ3n) is 5.71. The van der Waals surface area contributed by atoms with Crippen molar-refractivity contribution < 1.29 is 24.2 Å². The molecule has 8 heteroatoms. The fourth-order valence-corrected chi connectivity index (χ4v) is 4.81. The highest BCUT2D eigenvalue weighted by molar-refractivity contribution is 8.18. The number of aromatic hydroxyl groups is 1. The molecule has 2 heterocycles. The summed E-state index contributed by atoms with van der Waals surface area (Å²) >= 11 is 0.795. The minimum absolute atomic E-state index is 0.0105.